The molecule has 3 N–H and O–H groups in total. The van der Waals surface area contributed by atoms with Gasteiger partial charge in [-0.2, -0.15) is 5.10 Å². The molecule has 0 unspecified atom stereocenters. The van der Waals surface area contributed by atoms with Gasteiger partial charge in [0.05, 0.1) is 17.3 Å². The second-order valence-corrected chi connectivity index (χ2v) is 5.02. The van der Waals surface area contributed by atoms with Crippen LogP contribution in [0, 0.1) is 5.82 Å². The molecule has 0 saturated heterocycles. The van der Waals surface area contributed by atoms with Crippen LogP contribution in [0.1, 0.15) is 5.56 Å². The van der Waals surface area contributed by atoms with Crippen LogP contribution in [0.3, 0.4) is 0 Å². The lowest BCUT2D eigenvalue weighted by molar-refractivity contribution is -0.110. The van der Waals surface area contributed by atoms with E-state index < -0.39 is 0 Å². The number of benzene rings is 2. The summed E-state index contributed by atoms with van der Waals surface area (Å²) in [6.45, 7) is 0. The van der Waals surface area contributed by atoms with Crippen LogP contribution in [-0.2, 0) is 4.79 Å². The average molecular weight is 294 g/mol. The SMILES string of the molecule is O=C1Nc2ccc(F)cc2C1=CNc1ccc2cn[nH]c2c1. The molecule has 0 fully saturated rings. The molecule has 2 heterocycles. The number of fused-ring (bicyclic) bond motifs is 2. The van der Waals surface area contributed by atoms with Gasteiger partial charge in [0, 0.05) is 28.5 Å². The minimum Gasteiger partial charge on any atom is -0.361 e. The van der Waals surface area contributed by atoms with Crippen LogP contribution in [0.4, 0.5) is 15.8 Å². The quantitative estimate of drug-likeness (QED) is 0.636. The van der Waals surface area contributed by atoms with Crippen molar-refractivity contribution in [3.8, 4) is 0 Å². The molecule has 4 rings (SSSR count). The molecule has 0 atom stereocenters. The monoisotopic (exact) mass is 294 g/mol. The van der Waals surface area contributed by atoms with Crippen molar-refractivity contribution in [1.82, 2.24) is 10.2 Å². The van der Waals surface area contributed by atoms with Crippen molar-refractivity contribution in [2.24, 2.45) is 0 Å². The minimum absolute atomic E-state index is 0.254. The summed E-state index contributed by atoms with van der Waals surface area (Å²) in [6, 6.07) is 9.91. The van der Waals surface area contributed by atoms with Crippen LogP contribution in [0.15, 0.2) is 48.8 Å². The van der Waals surface area contributed by atoms with Gasteiger partial charge in [-0.15, -0.1) is 0 Å². The Labute approximate surface area is 124 Å². The van der Waals surface area contributed by atoms with Crippen LogP contribution in [0.25, 0.3) is 16.5 Å². The molecular weight excluding hydrogens is 283 g/mol. The van der Waals surface area contributed by atoms with E-state index in [4.69, 9.17) is 0 Å². The lowest BCUT2D eigenvalue weighted by atomic mass is 10.1. The van der Waals surface area contributed by atoms with E-state index in [1.165, 1.54) is 12.1 Å². The number of aromatic amines is 1. The number of halogens is 1. The Morgan fingerprint density at radius 1 is 1.18 bits per heavy atom. The third-order valence-electron chi connectivity index (χ3n) is 3.59. The molecule has 6 heteroatoms. The molecule has 3 aromatic rings. The van der Waals surface area contributed by atoms with Gasteiger partial charge in [0.25, 0.3) is 5.91 Å². The first-order chi connectivity index (χ1) is 10.7. The fourth-order valence-corrected chi connectivity index (χ4v) is 2.49. The number of amides is 1. The maximum Gasteiger partial charge on any atom is 0.257 e. The number of carbonyl (C=O) groups excluding carboxylic acids is 1. The number of carbonyl (C=O) groups is 1. The van der Waals surface area contributed by atoms with E-state index in [9.17, 15) is 9.18 Å². The number of H-pyrrole nitrogens is 1. The molecule has 0 bridgehead atoms. The van der Waals surface area contributed by atoms with E-state index in [0.717, 1.165) is 16.6 Å². The maximum absolute atomic E-state index is 13.4. The number of rotatable bonds is 2. The Morgan fingerprint density at radius 2 is 2.09 bits per heavy atom. The van der Waals surface area contributed by atoms with Gasteiger partial charge in [0.1, 0.15) is 5.82 Å². The summed E-state index contributed by atoms with van der Waals surface area (Å²) in [5, 5.41) is 13.6. The summed E-state index contributed by atoms with van der Waals surface area (Å²) >= 11 is 0. The van der Waals surface area contributed by atoms with E-state index in [2.05, 4.69) is 20.8 Å². The third kappa shape index (κ3) is 2.01. The zero-order valence-electron chi connectivity index (χ0n) is 11.4. The van der Waals surface area contributed by atoms with Crippen molar-refractivity contribution in [1.29, 1.82) is 0 Å². The molecule has 1 aliphatic rings. The summed E-state index contributed by atoms with van der Waals surface area (Å²) in [5.41, 5.74) is 3.27. The first-order valence-electron chi connectivity index (χ1n) is 6.72. The van der Waals surface area contributed by atoms with Crippen molar-refractivity contribution >= 4 is 33.8 Å². The van der Waals surface area contributed by atoms with Gasteiger partial charge < -0.3 is 10.6 Å². The highest BCUT2D eigenvalue weighted by Crippen LogP contribution is 2.32. The number of aromatic nitrogens is 2. The molecule has 5 nitrogen and oxygen atoms in total. The van der Waals surface area contributed by atoms with Crippen molar-refractivity contribution in [2.75, 3.05) is 10.6 Å². The second-order valence-electron chi connectivity index (χ2n) is 5.02. The Balaban J connectivity index is 1.68. The average Bonchev–Trinajstić information content (AvgIpc) is 3.08. The van der Waals surface area contributed by atoms with E-state index in [-0.39, 0.29) is 11.7 Å². The number of hydrogen-bond donors (Lipinski definition) is 3. The Kier molecular flexibility index (Phi) is 2.69. The Morgan fingerprint density at radius 3 is 3.00 bits per heavy atom. The van der Waals surface area contributed by atoms with Crippen LogP contribution in [0.2, 0.25) is 0 Å². The van der Waals surface area contributed by atoms with Gasteiger partial charge >= 0.3 is 0 Å². The van der Waals surface area contributed by atoms with Crippen molar-refractivity contribution < 1.29 is 9.18 Å². The minimum atomic E-state index is -0.375. The fraction of sp³-hybridized carbons (Fsp3) is 0. The predicted octanol–water partition coefficient (Wildman–Crippen LogP) is 3.11. The first-order valence-corrected chi connectivity index (χ1v) is 6.72. The number of nitrogens with one attached hydrogen (secondary N) is 3. The molecular formula is C16H11FN4O. The van der Waals surface area contributed by atoms with E-state index in [0.29, 0.717) is 16.8 Å². The largest absolute Gasteiger partial charge is 0.361 e. The van der Waals surface area contributed by atoms with Gasteiger partial charge in [0.15, 0.2) is 0 Å². The van der Waals surface area contributed by atoms with Gasteiger partial charge in [-0.3, -0.25) is 9.89 Å². The highest BCUT2D eigenvalue weighted by atomic mass is 19.1. The Bertz CT molecular complexity index is 929. The fourth-order valence-electron chi connectivity index (χ4n) is 2.49. The summed E-state index contributed by atoms with van der Waals surface area (Å²) in [7, 11) is 0. The predicted molar refractivity (Wildman–Crippen MR) is 82.7 cm³/mol. The standard InChI is InChI=1S/C16H11FN4O/c17-10-2-4-14-12(5-10)13(16(22)20-14)8-18-11-3-1-9-7-19-21-15(9)6-11/h1-8,18H,(H,19,21)(H,20,22). The normalized spacial score (nSPS) is 15.1. The highest BCUT2D eigenvalue weighted by molar-refractivity contribution is 6.31. The first kappa shape index (κ1) is 12.6. The lowest BCUT2D eigenvalue weighted by Gasteiger charge is -2.03. The molecule has 0 saturated carbocycles. The maximum atomic E-state index is 13.4. The topological polar surface area (TPSA) is 69.8 Å². The summed E-state index contributed by atoms with van der Waals surface area (Å²) in [6.07, 6.45) is 3.32. The highest BCUT2D eigenvalue weighted by Gasteiger charge is 2.24. The molecule has 0 aliphatic carbocycles. The molecule has 0 spiro atoms. The Hall–Kier alpha value is -3.15. The molecule has 108 valence electrons. The van der Waals surface area contributed by atoms with Gasteiger partial charge in [-0.25, -0.2) is 4.39 Å². The van der Waals surface area contributed by atoms with Gasteiger partial charge in [-0.1, -0.05) is 0 Å². The number of hydrogen-bond acceptors (Lipinski definition) is 3. The summed E-state index contributed by atoms with van der Waals surface area (Å²) < 4.78 is 13.4. The van der Waals surface area contributed by atoms with Crippen molar-refractivity contribution in [3.05, 3.63) is 60.2 Å². The van der Waals surface area contributed by atoms with E-state index in [1.54, 1.807) is 18.5 Å². The van der Waals surface area contributed by atoms with Crippen LogP contribution in [-0.4, -0.2) is 16.1 Å². The van der Waals surface area contributed by atoms with Crippen LogP contribution >= 0.6 is 0 Å². The zero-order valence-corrected chi connectivity index (χ0v) is 11.4. The van der Waals surface area contributed by atoms with Crippen molar-refractivity contribution in [3.63, 3.8) is 0 Å². The molecule has 22 heavy (non-hydrogen) atoms. The molecule has 1 aromatic heterocycles. The second kappa shape index (κ2) is 4.70. The van der Waals surface area contributed by atoms with Crippen LogP contribution < -0.4 is 10.6 Å². The molecule has 1 amide bonds. The van der Waals surface area contributed by atoms with Gasteiger partial charge in [0.2, 0.25) is 0 Å². The van der Waals surface area contributed by atoms with E-state index >= 15 is 0 Å². The van der Waals surface area contributed by atoms with Crippen molar-refractivity contribution in [2.45, 2.75) is 0 Å². The summed E-state index contributed by atoms with van der Waals surface area (Å²) in [4.78, 5) is 12.0. The molecule has 0 radical (unpaired) electrons. The smallest absolute Gasteiger partial charge is 0.257 e. The third-order valence-corrected chi connectivity index (χ3v) is 3.59. The zero-order chi connectivity index (χ0) is 15.1. The number of anilines is 2. The lowest BCUT2D eigenvalue weighted by Crippen LogP contribution is -2.05. The van der Waals surface area contributed by atoms with Crippen LogP contribution in [0.5, 0.6) is 0 Å². The summed E-state index contributed by atoms with van der Waals surface area (Å²) in [5.74, 6) is -0.629. The molecule has 1 aliphatic heterocycles. The van der Waals surface area contributed by atoms with E-state index in [1.807, 2.05) is 18.2 Å². The molecule has 2 aromatic carbocycles. The number of nitrogens with zero attached hydrogens (tertiary/aromatic N) is 1. The van der Waals surface area contributed by atoms with Gasteiger partial charge in [-0.05, 0) is 36.4 Å².